The second-order valence-corrected chi connectivity index (χ2v) is 7.28. The van der Waals surface area contributed by atoms with E-state index in [1.807, 2.05) is 31.2 Å². The SMILES string of the molecule is CC(=O)Nc1cccc(NC(=O)CCN2C(=O)CSc3ccccc32)c1C. The number of hydrogen-bond acceptors (Lipinski definition) is 4. The molecule has 0 radical (unpaired) electrons. The molecule has 0 bridgehead atoms. The number of hydrogen-bond donors (Lipinski definition) is 2. The minimum Gasteiger partial charge on any atom is -0.326 e. The molecule has 140 valence electrons. The molecule has 0 atom stereocenters. The number of nitrogens with one attached hydrogen (secondary N) is 2. The molecule has 2 N–H and O–H groups in total. The van der Waals surface area contributed by atoms with Crippen molar-refractivity contribution >= 4 is 46.5 Å². The van der Waals surface area contributed by atoms with Gasteiger partial charge in [0.1, 0.15) is 0 Å². The number of fused-ring (bicyclic) bond motifs is 1. The number of rotatable bonds is 5. The van der Waals surface area contributed by atoms with Crippen LogP contribution in [0.1, 0.15) is 18.9 Å². The zero-order chi connectivity index (χ0) is 19.4. The first-order chi connectivity index (χ1) is 13.0. The summed E-state index contributed by atoms with van der Waals surface area (Å²) in [7, 11) is 0. The molecule has 3 rings (SSSR count). The van der Waals surface area contributed by atoms with Gasteiger partial charge >= 0.3 is 0 Å². The average molecular weight is 383 g/mol. The van der Waals surface area contributed by atoms with E-state index in [0.29, 0.717) is 23.7 Å². The van der Waals surface area contributed by atoms with Crippen LogP contribution in [-0.2, 0) is 14.4 Å². The Balaban J connectivity index is 1.66. The van der Waals surface area contributed by atoms with Crippen molar-refractivity contribution in [3.05, 3.63) is 48.0 Å². The Kier molecular flexibility index (Phi) is 5.81. The highest BCUT2D eigenvalue weighted by molar-refractivity contribution is 8.00. The van der Waals surface area contributed by atoms with E-state index in [-0.39, 0.29) is 24.1 Å². The summed E-state index contributed by atoms with van der Waals surface area (Å²) < 4.78 is 0. The van der Waals surface area contributed by atoms with Gasteiger partial charge < -0.3 is 15.5 Å². The first-order valence-electron chi connectivity index (χ1n) is 8.65. The van der Waals surface area contributed by atoms with Crippen molar-refractivity contribution in [1.29, 1.82) is 0 Å². The van der Waals surface area contributed by atoms with Gasteiger partial charge in [0.2, 0.25) is 17.7 Å². The van der Waals surface area contributed by atoms with Crippen LogP contribution >= 0.6 is 11.8 Å². The maximum absolute atomic E-state index is 12.4. The predicted molar refractivity (Wildman–Crippen MR) is 108 cm³/mol. The number of thioether (sulfide) groups is 1. The van der Waals surface area contributed by atoms with E-state index in [1.54, 1.807) is 23.1 Å². The predicted octanol–water partition coefficient (Wildman–Crippen LogP) is 3.42. The van der Waals surface area contributed by atoms with Gasteiger partial charge in [-0.2, -0.15) is 0 Å². The molecule has 0 spiro atoms. The first-order valence-corrected chi connectivity index (χ1v) is 9.63. The summed E-state index contributed by atoms with van der Waals surface area (Å²) in [6.07, 6.45) is 0.189. The molecule has 27 heavy (non-hydrogen) atoms. The molecule has 1 aliphatic heterocycles. The minimum atomic E-state index is -0.179. The number of benzene rings is 2. The lowest BCUT2D eigenvalue weighted by atomic mass is 10.1. The Bertz CT molecular complexity index is 898. The van der Waals surface area contributed by atoms with Gasteiger partial charge in [-0.3, -0.25) is 14.4 Å². The van der Waals surface area contributed by atoms with Gasteiger partial charge in [0.25, 0.3) is 0 Å². The quantitative estimate of drug-likeness (QED) is 0.829. The van der Waals surface area contributed by atoms with Gasteiger partial charge in [-0.15, -0.1) is 11.8 Å². The second kappa shape index (κ2) is 8.26. The third-order valence-electron chi connectivity index (χ3n) is 4.29. The highest BCUT2D eigenvalue weighted by Crippen LogP contribution is 2.35. The Morgan fingerprint density at radius 1 is 1.07 bits per heavy atom. The molecular weight excluding hydrogens is 362 g/mol. The molecule has 0 saturated carbocycles. The van der Waals surface area contributed by atoms with E-state index in [0.717, 1.165) is 16.1 Å². The van der Waals surface area contributed by atoms with E-state index in [1.165, 1.54) is 18.7 Å². The van der Waals surface area contributed by atoms with E-state index in [2.05, 4.69) is 10.6 Å². The lowest BCUT2D eigenvalue weighted by molar-refractivity contribution is -0.117. The Morgan fingerprint density at radius 3 is 2.52 bits per heavy atom. The van der Waals surface area contributed by atoms with Crippen molar-refractivity contribution in [3.63, 3.8) is 0 Å². The zero-order valence-corrected chi connectivity index (χ0v) is 16.1. The molecule has 2 aromatic carbocycles. The molecule has 0 aliphatic carbocycles. The average Bonchev–Trinajstić information content (AvgIpc) is 2.64. The molecular formula is C20H21N3O3S. The topological polar surface area (TPSA) is 78.5 Å². The van der Waals surface area contributed by atoms with Crippen LogP contribution in [0.15, 0.2) is 47.4 Å². The van der Waals surface area contributed by atoms with Gasteiger partial charge in [0.05, 0.1) is 11.4 Å². The van der Waals surface area contributed by atoms with Gasteiger partial charge in [-0.25, -0.2) is 0 Å². The van der Waals surface area contributed by atoms with Crippen LogP contribution in [0.3, 0.4) is 0 Å². The van der Waals surface area contributed by atoms with Crippen LogP contribution < -0.4 is 15.5 Å². The largest absolute Gasteiger partial charge is 0.326 e. The van der Waals surface area contributed by atoms with Crippen molar-refractivity contribution in [3.8, 4) is 0 Å². The fourth-order valence-electron chi connectivity index (χ4n) is 2.92. The Labute approximate surface area is 162 Å². The lowest BCUT2D eigenvalue weighted by Gasteiger charge is -2.28. The van der Waals surface area contributed by atoms with Crippen LogP contribution in [0, 0.1) is 6.92 Å². The summed E-state index contributed by atoms with van der Waals surface area (Å²) in [4.78, 5) is 38.7. The lowest BCUT2D eigenvalue weighted by Crippen LogP contribution is -2.37. The molecule has 3 amide bonds. The first kappa shape index (κ1) is 19.0. The molecule has 2 aromatic rings. The Morgan fingerprint density at radius 2 is 1.78 bits per heavy atom. The fraction of sp³-hybridized carbons (Fsp3) is 0.250. The van der Waals surface area contributed by atoms with Crippen LogP contribution in [0.4, 0.5) is 17.1 Å². The highest BCUT2D eigenvalue weighted by Gasteiger charge is 2.24. The number of anilines is 3. The van der Waals surface area contributed by atoms with Gasteiger partial charge in [-0.05, 0) is 36.8 Å². The normalized spacial score (nSPS) is 13.1. The second-order valence-electron chi connectivity index (χ2n) is 6.26. The summed E-state index contributed by atoms with van der Waals surface area (Å²) >= 11 is 1.52. The molecule has 1 aliphatic rings. The third-order valence-corrected chi connectivity index (χ3v) is 5.34. The summed E-state index contributed by atoms with van der Waals surface area (Å²) in [5.41, 5.74) is 2.96. The smallest absolute Gasteiger partial charge is 0.237 e. The maximum Gasteiger partial charge on any atom is 0.237 e. The van der Waals surface area contributed by atoms with Crippen molar-refractivity contribution in [1.82, 2.24) is 0 Å². The molecule has 6 nitrogen and oxygen atoms in total. The maximum atomic E-state index is 12.4. The van der Waals surface area contributed by atoms with Crippen LogP contribution in [-0.4, -0.2) is 30.0 Å². The van der Waals surface area contributed by atoms with Crippen molar-refractivity contribution in [2.24, 2.45) is 0 Å². The van der Waals surface area contributed by atoms with Crippen LogP contribution in [0.2, 0.25) is 0 Å². The van der Waals surface area contributed by atoms with Crippen LogP contribution in [0.25, 0.3) is 0 Å². The number of carbonyl (C=O) groups is 3. The summed E-state index contributed by atoms with van der Waals surface area (Å²) in [5.74, 6) is 0.0508. The van der Waals surface area contributed by atoms with Gasteiger partial charge in [-0.1, -0.05) is 18.2 Å². The number of nitrogens with zero attached hydrogens (tertiary/aromatic N) is 1. The molecule has 0 aromatic heterocycles. The van der Waals surface area contributed by atoms with E-state index >= 15 is 0 Å². The molecule has 1 heterocycles. The van der Waals surface area contributed by atoms with Crippen molar-refractivity contribution in [2.75, 3.05) is 27.8 Å². The van der Waals surface area contributed by atoms with E-state index < -0.39 is 0 Å². The molecule has 0 unspecified atom stereocenters. The Hall–Kier alpha value is -2.80. The third kappa shape index (κ3) is 4.49. The van der Waals surface area contributed by atoms with Gasteiger partial charge in [0.15, 0.2) is 0 Å². The van der Waals surface area contributed by atoms with Crippen molar-refractivity contribution in [2.45, 2.75) is 25.2 Å². The van der Waals surface area contributed by atoms with Crippen molar-refractivity contribution < 1.29 is 14.4 Å². The minimum absolute atomic E-state index is 0.00957. The fourth-order valence-corrected chi connectivity index (χ4v) is 3.86. The molecule has 0 saturated heterocycles. The number of carbonyl (C=O) groups excluding carboxylic acids is 3. The van der Waals surface area contributed by atoms with Gasteiger partial charge in [0, 0.05) is 36.2 Å². The van der Waals surface area contributed by atoms with Crippen LogP contribution in [0.5, 0.6) is 0 Å². The van der Waals surface area contributed by atoms with E-state index in [9.17, 15) is 14.4 Å². The summed E-state index contributed by atoms with van der Waals surface area (Å²) in [6.45, 7) is 3.60. The zero-order valence-electron chi connectivity index (χ0n) is 15.2. The summed E-state index contributed by atoms with van der Waals surface area (Å²) in [5, 5.41) is 5.61. The van der Waals surface area contributed by atoms with E-state index in [4.69, 9.17) is 0 Å². The molecule has 7 heteroatoms. The number of para-hydroxylation sites is 1. The number of amides is 3. The summed E-state index contributed by atoms with van der Waals surface area (Å²) in [6, 6.07) is 13.1. The highest BCUT2D eigenvalue weighted by atomic mass is 32.2. The molecule has 0 fully saturated rings. The monoisotopic (exact) mass is 383 g/mol. The standard InChI is InChI=1S/C20H21N3O3S/c1-13-15(21-14(2)24)6-5-7-16(13)22-19(25)10-11-23-17-8-3-4-9-18(17)27-12-20(23)26/h3-9H,10-12H2,1-2H3,(H,21,24)(H,22,25).